The summed E-state index contributed by atoms with van der Waals surface area (Å²) in [5.41, 5.74) is 1.61. The van der Waals surface area contributed by atoms with E-state index in [0.717, 1.165) is 11.6 Å². The van der Waals surface area contributed by atoms with Gasteiger partial charge in [-0.15, -0.1) is 0 Å². The molecule has 8 heteroatoms. The number of urea groups is 1. The lowest BCUT2D eigenvalue weighted by atomic mass is 10.1. The third kappa shape index (κ3) is 5.17. The molecule has 1 aliphatic rings. The zero-order chi connectivity index (χ0) is 18.3. The van der Waals surface area contributed by atoms with E-state index in [-0.39, 0.29) is 10.8 Å². The molecule has 0 bridgehead atoms. The van der Waals surface area contributed by atoms with Crippen molar-refractivity contribution >= 4 is 22.0 Å². The molecule has 1 heterocycles. The van der Waals surface area contributed by atoms with Gasteiger partial charge in [0.05, 0.1) is 11.4 Å². The van der Waals surface area contributed by atoms with Crippen LogP contribution in [-0.4, -0.2) is 38.3 Å². The van der Waals surface area contributed by atoms with Crippen LogP contribution in [0.4, 0.5) is 4.79 Å². The fourth-order valence-corrected chi connectivity index (χ4v) is 2.76. The van der Waals surface area contributed by atoms with E-state index < -0.39 is 16.1 Å². The van der Waals surface area contributed by atoms with Crippen LogP contribution in [0.15, 0.2) is 46.9 Å². The zero-order valence-corrected chi connectivity index (χ0v) is 14.7. The smallest absolute Gasteiger partial charge is 0.324 e. The largest absolute Gasteiger partial charge is 0.337 e. The second-order valence-corrected chi connectivity index (χ2v) is 6.83. The summed E-state index contributed by atoms with van der Waals surface area (Å²) in [7, 11) is -3.78. The Morgan fingerprint density at radius 2 is 2.12 bits per heavy atom. The molecule has 0 unspecified atom stereocenters. The Morgan fingerprint density at radius 3 is 2.62 bits per heavy atom. The summed E-state index contributed by atoms with van der Waals surface area (Å²) < 4.78 is 22.3. The molecular weight excluding hydrogens is 330 g/mol. The van der Waals surface area contributed by atoms with Crippen molar-refractivity contribution in [2.75, 3.05) is 13.1 Å². The van der Waals surface area contributed by atoms with E-state index >= 15 is 0 Å². The first kappa shape index (κ1) is 19.9. The van der Waals surface area contributed by atoms with Crippen molar-refractivity contribution in [1.82, 2.24) is 10.2 Å². The number of carbonyl (C=O) groups is 2. The third-order valence-electron chi connectivity index (χ3n) is 3.53. The highest BCUT2D eigenvalue weighted by Crippen LogP contribution is 2.21. The van der Waals surface area contributed by atoms with Crippen molar-refractivity contribution in [1.29, 1.82) is 0 Å². The number of hydrogen-bond donors (Lipinski definition) is 2. The van der Waals surface area contributed by atoms with Gasteiger partial charge in [-0.1, -0.05) is 25.7 Å². The van der Waals surface area contributed by atoms with Crippen molar-refractivity contribution < 1.29 is 18.0 Å². The summed E-state index contributed by atoms with van der Waals surface area (Å²) in [4.78, 5) is 25.1. The van der Waals surface area contributed by atoms with E-state index in [4.69, 9.17) is 5.14 Å². The molecule has 0 spiro atoms. The maximum absolute atomic E-state index is 12.0. The van der Waals surface area contributed by atoms with Crippen LogP contribution in [0, 0.1) is 0 Å². The topological polar surface area (TPSA) is 110 Å². The predicted octanol–water partition coefficient (Wildman–Crippen LogP) is 1.57. The zero-order valence-electron chi connectivity index (χ0n) is 13.9. The average Bonchev–Trinajstić information content (AvgIpc) is 2.79. The van der Waals surface area contributed by atoms with Crippen LogP contribution in [0.5, 0.6) is 0 Å². The number of nitrogens with one attached hydrogen (secondary N) is 1. The molecule has 0 aromatic rings. The Balaban J connectivity index is 2.45. The molecule has 24 heavy (non-hydrogen) atoms. The van der Waals surface area contributed by atoms with Gasteiger partial charge >= 0.3 is 6.03 Å². The lowest BCUT2D eigenvalue weighted by molar-refractivity contribution is -0.123. The summed E-state index contributed by atoms with van der Waals surface area (Å²) >= 11 is 0. The van der Waals surface area contributed by atoms with Gasteiger partial charge in [0, 0.05) is 12.1 Å². The van der Waals surface area contributed by atoms with Crippen LogP contribution < -0.4 is 10.5 Å². The number of nitrogens with zero attached hydrogens (tertiary/aromatic N) is 1. The SMILES string of the molecule is C=C/C(=C\C=C\CCNC(=O)N1CC(C)=C(CC)C1=O)S(N)(=O)=O. The number of carbonyl (C=O) groups excluding carboxylic acids is 2. The van der Waals surface area contributed by atoms with Crippen LogP contribution in [-0.2, 0) is 14.8 Å². The Labute approximate surface area is 142 Å². The van der Waals surface area contributed by atoms with Gasteiger partial charge in [0.1, 0.15) is 0 Å². The van der Waals surface area contributed by atoms with Crippen LogP contribution >= 0.6 is 0 Å². The molecule has 0 atom stereocenters. The number of primary sulfonamides is 1. The molecule has 0 saturated heterocycles. The van der Waals surface area contributed by atoms with Gasteiger partial charge in [0.15, 0.2) is 0 Å². The molecule has 0 radical (unpaired) electrons. The number of hydrogen-bond acceptors (Lipinski definition) is 4. The van der Waals surface area contributed by atoms with Gasteiger partial charge in [0.25, 0.3) is 5.91 Å². The standard InChI is InChI=1S/C16H23N3O4S/c1-4-13(24(17,22)23)9-7-6-8-10-18-16(21)19-11-12(3)14(5-2)15(19)20/h4,6-7,9H,1,5,8,10-11H2,2-3H3,(H,18,21)(H2,17,22,23)/b7-6+,13-9+. The molecule has 132 valence electrons. The number of imide groups is 1. The van der Waals surface area contributed by atoms with E-state index in [9.17, 15) is 18.0 Å². The Bertz CT molecular complexity index is 718. The monoisotopic (exact) mass is 353 g/mol. The first-order valence-electron chi connectivity index (χ1n) is 7.52. The first-order valence-corrected chi connectivity index (χ1v) is 9.07. The maximum Gasteiger partial charge on any atom is 0.324 e. The molecule has 0 aromatic heterocycles. The minimum Gasteiger partial charge on any atom is -0.337 e. The molecule has 3 amide bonds. The molecule has 7 nitrogen and oxygen atoms in total. The molecule has 0 saturated carbocycles. The van der Waals surface area contributed by atoms with Crippen molar-refractivity contribution in [2.45, 2.75) is 26.7 Å². The third-order valence-corrected chi connectivity index (χ3v) is 4.49. The highest BCUT2D eigenvalue weighted by atomic mass is 32.2. The number of rotatable bonds is 7. The quantitative estimate of drug-likeness (QED) is 0.535. The molecular formula is C16H23N3O4S. The van der Waals surface area contributed by atoms with Gasteiger partial charge < -0.3 is 5.32 Å². The average molecular weight is 353 g/mol. The molecule has 0 aromatic carbocycles. The summed E-state index contributed by atoms with van der Waals surface area (Å²) in [5, 5.41) is 7.64. The lowest BCUT2D eigenvalue weighted by Gasteiger charge is -2.15. The van der Waals surface area contributed by atoms with Crippen molar-refractivity contribution in [2.24, 2.45) is 5.14 Å². The van der Waals surface area contributed by atoms with Crippen molar-refractivity contribution in [3.05, 3.63) is 46.9 Å². The van der Waals surface area contributed by atoms with E-state index in [1.807, 2.05) is 13.8 Å². The van der Waals surface area contributed by atoms with Crippen LogP contribution in [0.2, 0.25) is 0 Å². The second kappa shape index (κ2) is 8.60. The molecule has 1 aliphatic heterocycles. The summed E-state index contributed by atoms with van der Waals surface area (Å²) in [6, 6.07) is -0.428. The van der Waals surface area contributed by atoms with E-state index in [0.29, 0.717) is 31.5 Å². The molecule has 1 rings (SSSR count). The number of sulfonamides is 1. The van der Waals surface area contributed by atoms with Gasteiger partial charge in [-0.2, -0.15) is 0 Å². The number of amides is 3. The summed E-state index contributed by atoms with van der Waals surface area (Å²) in [6.07, 6.45) is 6.78. The van der Waals surface area contributed by atoms with E-state index in [1.54, 1.807) is 6.08 Å². The Kier molecular flexibility index (Phi) is 7.12. The minimum atomic E-state index is -3.78. The predicted molar refractivity (Wildman–Crippen MR) is 93.2 cm³/mol. The van der Waals surface area contributed by atoms with Gasteiger partial charge in [-0.05, 0) is 37.5 Å². The number of nitrogens with two attached hydrogens (primary N) is 1. The normalized spacial score (nSPS) is 16.2. The lowest BCUT2D eigenvalue weighted by Crippen LogP contribution is -2.42. The second-order valence-electron chi connectivity index (χ2n) is 5.27. The fourth-order valence-electron chi connectivity index (χ4n) is 2.26. The van der Waals surface area contributed by atoms with Crippen molar-refractivity contribution in [3.8, 4) is 0 Å². The highest BCUT2D eigenvalue weighted by Gasteiger charge is 2.31. The number of allylic oxidation sites excluding steroid dienone is 3. The Hall–Kier alpha value is -2.19. The molecule has 0 fully saturated rings. The summed E-state index contributed by atoms with van der Waals surface area (Å²) in [6.45, 7) is 7.76. The highest BCUT2D eigenvalue weighted by molar-refractivity contribution is 7.93. The Morgan fingerprint density at radius 1 is 1.46 bits per heavy atom. The molecule has 3 N–H and O–H groups in total. The van der Waals surface area contributed by atoms with E-state index in [2.05, 4.69) is 11.9 Å². The van der Waals surface area contributed by atoms with Crippen LogP contribution in [0.1, 0.15) is 26.7 Å². The first-order chi connectivity index (χ1) is 11.2. The summed E-state index contributed by atoms with van der Waals surface area (Å²) in [5.74, 6) is -0.241. The van der Waals surface area contributed by atoms with Gasteiger partial charge in [-0.25, -0.2) is 18.4 Å². The maximum atomic E-state index is 12.0. The van der Waals surface area contributed by atoms with Crippen LogP contribution in [0.3, 0.4) is 0 Å². The molecule has 0 aliphatic carbocycles. The minimum absolute atomic E-state index is 0.0842. The fraction of sp³-hybridized carbons (Fsp3) is 0.375. The van der Waals surface area contributed by atoms with Crippen LogP contribution in [0.25, 0.3) is 0 Å². The van der Waals surface area contributed by atoms with Gasteiger partial charge in [-0.3, -0.25) is 9.69 Å². The van der Waals surface area contributed by atoms with E-state index in [1.165, 1.54) is 17.1 Å². The van der Waals surface area contributed by atoms with Crippen molar-refractivity contribution in [3.63, 3.8) is 0 Å². The van der Waals surface area contributed by atoms with Gasteiger partial charge in [0.2, 0.25) is 10.0 Å².